The Hall–Kier alpha value is -1.56. The van der Waals surface area contributed by atoms with Crippen molar-refractivity contribution in [3.63, 3.8) is 0 Å². The molecule has 2 aliphatic heterocycles. The second-order valence-corrected chi connectivity index (χ2v) is 10.5. The fourth-order valence-electron chi connectivity index (χ4n) is 6.41. The van der Waals surface area contributed by atoms with Crippen LogP contribution in [0, 0.1) is 23.2 Å². The largest absolute Gasteiger partial charge is 0.461 e. The van der Waals surface area contributed by atoms with Crippen molar-refractivity contribution in [3.05, 3.63) is 40.9 Å². The molecule has 31 heavy (non-hydrogen) atoms. The Morgan fingerprint density at radius 3 is 2.77 bits per heavy atom. The molecule has 1 N–H and O–H groups in total. The molecule has 1 aromatic rings. The Bertz CT molecular complexity index is 881. The van der Waals surface area contributed by atoms with Gasteiger partial charge in [0, 0.05) is 61.2 Å². The number of anilines is 1. The first-order chi connectivity index (χ1) is 14.9. The van der Waals surface area contributed by atoms with Crippen molar-refractivity contribution in [2.45, 2.75) is 45.3 Å². The summed E-state index contributed by atoms with van der Waals surface area (Å²) in [6.45, 7) is 8.71. The highest BCUT2D eigenvalue weighted by molar-refractivity contribution is 6.30. The fourth-order valence-corrected chi connectivity index (χ4v) is 6.60. The van der Waals surface area contributed by atoms with Gasteiger partial charge in [-0.2, -0.15) is 0 Å². The average Bonchev–Trinajstić information content (AvgIpc) is 3.06. The second kappa shape index (κ2) is 8.09. The van der Waals surface area contributed by atoms with Crippen molar-refractivity contribution in [1.82, 2.24) is 4.90 Å². The van der Waals surface area contributed by atoms with Crippen molar-refractivity contribution in [2.24, 2.45) is 23.2 Å². The van der Waals surface area contributed by atoms with Gasteiger partial charge in [0.05, 0.1) is 12.0 Å². The van der Waals surface area contributed by atoms with Crippen LogP contribution in [-0.2, 0) is 9.53 Å². The van der Waals surface area contributed by atoms with E-state index in [0.29, 0.717) is 12.5 Å². The molecule has 5 nitrogen and oxygen atoms in total. The molecule has 2 saturated heterocycles. The number of hydrogen-bond donors (Lipinski definition) is 1. The van der Waals surface area contributed by atoms with Crippen LogP contribution in [0.2, 0.25) is 5.02 Å². The predicted octanol–water partition coefficient (Wildman–Crippen LogP) is 3.75. The van der Waals surface area contributed by atoms with E-state index in [9.17, 15) is 9.90 Å². The third-order valence-electron chi connectivity index (χ3n) is 8.57. The maximum Gasteiger partial charge on any atom is 0.311 e. The van der Waals surface area contributed by atoms with Gasteiger partial charge < -0.3 is 14.7 Å². The van der Waals surface area contributed by atoms with Gasteiger partial charge in [-0.15, -0.1) is 0 Å². The quantitative estimate of drug-likeness (QED) is 0.568. The molecule has 3 fully saturated rings. The van der Waals surface area contributed by atoms with Crippen LogP contribution in [0.4, 0.5) is 5.69 Å². The first kappa shape index (κ1) is 21.3. The number of carbonyl (C=O) groups excluding carboxylic acids is 1. The molecule has 0 spiro atoms. The zero-order chi connectivity index (χ0) is 21.8. The molecule has 1 aromatic carbocycles. The van der Waals surface area contributed by atoms with E-state index >= 15 is 0 Å². The lowest BCUT2D eigenvalue weighted by Crippen LogP contribution is -2.55. The third-order valence-corrected chi connectivity index (χ3v) is 8.81. The number of piperazine rings is 1. The average molecular weight is 445 g/mol. The Morgan fingerprint density at radius 2 is 2.03 bits per heavy atom. The summed E-state index contributed by atoms with van der Waals surface area (Å²) in [6, 6.07) is 7.98. The molecule has 1 saturated carbocycles. The van der Waals surface area contributed by atoms with Gasteiger partial charge in [-0.25, -0.2) is 0 Å². The van der Waals surface area contributed by atoms with Crippen molar-refractivity contribution in [1.29, 1.82) is 0 Å². The summed E-state index contributed by atoms with van der Waals surface area (Å²) in [7, 11) is 0. The normalized spacial score (nSPS) is 38.3. The van der Waals surface area contributed by atoms with Crippen LogP contribution < -0.4 is 4.90 Å². The number of ether oxygens (including phenoxy) is 1. The number of esters is 1. The molecule has 0 radical (unpaired) electrons. The van der Waals surface area contributed by atoms with E-state index in [-0.39, 0.29) is 29.3 Å². The number of carbonyl (C=O) groups is 1. The number of aliphatic hydroxyl groups is 1. The van der Waals surface area contributed by atoms with Crippen molar-refractivity contribution in [3.8, 4) is 0 Å². The minimum Gasteiger partial charge on any atom is -0.461 e. The van der Waals surface area contributed by atoms with Gasteiger partial charge in [-0.1, -0.05) is 43.2 Å². The molecule has 0 amide bonds. The number of nitrogens with zero attached hydrogens (tertiary/aromatic N) is 2. The maximum atomic E-state index is 12.9. The molecule has 0 bridgehead atoms. The molecule has 0 unspecified atom stereocenters. The highest BCUT2D eigenvalue weighted by Crippen LogP contribution is 2.56. The number of hydrogen-bond acceptors (Lipinski definition) is 5. The van der Waals surface area contributed by atoms with Gasteiger partial charge in [0.25, 0.3) is 0 Å². The minimum atomic E-state index is -0.531. The summed E-state index contributed by atoms with van der Waals surface area (Å²) in [6.07, 6.45) is 4.52. The smallest absolute Gasteiger partial charge is 0.311 e. The van der Waals surface area contributed by atoms with Crippen LogP contribution in [0.3, 0.4) is 0 Å². The summed E-state index contributed by atoms with van der Waals surface area (Å²) >= 11 is 6.15. The van der Waals surface area contributed by atoms with E-state index in [2.05, 4.69) is 35.8 Å². The van der Waals surface area contributed by atoms with E-state index in [1.807, 2.05) is 18.2 Å². The Morgan fingerprint density at radius 1 is 1.26 bits per heavy atom. The van der Waals surface area contributed by atoms with E-state index < -0.39 is 6.10 Å². The molecule has 2 aliphatic carbocycles. The standard InChI is InChI=1S/C25H33ClN2O3/c1-16-5-3-6-17-13-21-22(23(29)25(16,17)2)20(24(30)31-21)15-27-9-11-28(12-10-27)19-8-4-7-18(26)14-19/h4,6-8,14,16,20-23,29H,3,5,9-13,15H2,1-2H3/t16-,20-,21-,22-,23+,25-/m1/s1. The first-order valence-corrected chi connectivity index (χ1v) is 12.1. The number of fused-ring (bicyclic) bond motifs is 2. The maximum absolute atomic E-state index is 12.9. The van der Waals surface area contributed by atoms with E-state index in [1.54, 1.807) is 0 Å². The first-order valence-electron chi connectivity index (χ1n) is 11.7. The van der Waals surface area contributed by atoms with Crippen molar-refractivity contribution in [2.75, 3.05) is 37.6 Å². The lowest BCUT2D eigenvalue weighted by atomic mass is 9.55. The number of benzene rings is 1. The zero-order valence-electron chi connectivity index (χ0n) is 18.5. The summed E-state index contributed by atoms with van der Waals surface area (Å²) < 4.78 is 5.83. The van der Waals surface area contributed by atoms with E-state index in [0.717, 1.165) is 56.2 Å². The molecular weight excluding hydrogens is 412 g/mol. The third kappa shape index (κ3) is 3.59. The van der Waals surface area contributed by atoms with Gasteiger partial charge in [0.1, 0.15) is 6.10 Å². The van der Waals surface area contributed by atoms with Crippen LogP contribution >= 0.6 is 11.6 Å². The molecule has 2 heterocycles. The molecule has 0 aromatic heterocycles. The number of aliphatic hydroxyl groups excluding tert-OH is 1. The van der Waals surface area contributed by atoms with Crippen molar-refractivity contribution >= 4 is 23.3 Å². The van der Waals surface area contributed by atoms with Crippen LogP contribution in [0.5, 0.6) is 0 Å². The van der Waals surface area contributed by atoms with Gasteiger partial charge >= 0.3 is 5.97 Å². The van der Waals surface area contributed by atoms with Gasteiger partial charge in [-0.05, 0) is 37.0 Å². The van der Waals surface area contributed by atoms with Gasteiger partial charge in [0.2, 0.25) is 0 Å². The van der Waals surface area contributed by atoms with Crippen LogP contribution in [0.25, 0.3) is 0 Å². The predicted molar refractivity (Wildman–Crippen MR) is 122 cm³/mol. The monoisotopic (exact) mass is 444 g/mol. The second-order valence-electron chi connectivity index (χ2n) is 10.1. The van der Waals surface area contributed by atoms with Gasteiger partial charge in [0.15, 0.2) is 0 Å². The Labute approximate surface area is 190 Å². The highest BCUT2D eigenvalue weighted by Gasteiger charge is 2.59. The Balaban J connectivity index is 1.28. The van der Waals surface area contributed by atoms with Crippen LogP contribution in [0.1, 0.15) is 33.1 Å². The molecule has 168 valence electrons. The fraction of sp³-hybridized carbons (Fsp3) is 0.640. The molecule has 6 heteroatoms. The van der Waals surface area contributed by atoms with Gasteiger partial charge in [-0.3, -0.25) is 9.69 Å². The number of rotatable bonds is 3. The van der Waals surface area contributed by atoms with Crippen molar-refractivity contribution < 1.29 is 14.6 Å². The number of halogens is 1. The number of allylic oxidation sites excluding steroid dienone is 1. The topological polar surface area (TPSA) is 53.0 Å². The van der Waals surface area contributed by atoms with Crippen LogP contribution in [-0.4, -0.2) is 60.9 Å². The lowest BCUT2D eigenvalue weighted by Gasteiger charge is -2.52. The highest BCUT2D eigenvalue weighted by atomic mass is 35.5. The lowest BCUT2D eigenvalue weighted by molar-refractivity contribution is -0.145. The molecule has 6 atom stereocenters. The molecular formula is C25H33ClN2O3. The van der Waals surface area contributed by atoms with E-state index in [4.69, 9.17) is 16.3 Å². The minimum absolute atomic E-state index is 0.110. The Kier molecular flexibility index (Phi) is 5.56. The van der Waals surface area contributed by atoms with Crippen LogP contribution in [0.15, 0.2) is 35.9 Å². The SMILES string of the molecule is C[C@@H]1CCC=C2C[C@H]3OC(=O)[C@H](CN4CCN(c5cccc(Cl)c5)CC4)[C@H]3[C@H](O)[C@@]21C. The molecule has 5 rings (SSSR count). The summed E-state index contributed by atoms with van der Waals surface area (Å²) in [5, 5.41) is 12.3. The molecule has 4 aliphatic rings. The zero-order valence-corrected chi connectivity index (χ0v) is 19.2. The summed E-state index contributed by atoms with van der Waals surface area (Å²) in [5.41, 5.74) is 2.20. The van der Waals surface area contributed by atoms with E-state index in [1.165, 1.54) is 5.57 Å². The summed E-state index contributed by atoms with van der Waals surface area (Å²) in [4.78, 5) is 17.6. The summed E-state index contributed by atoms with van der Waals surface area (Å²) in [5.74, 6) is -0.0609.